The van der Waals surface area contributed by atoms with Crippen molar-refractivity contribution in [1.29, 1.82) is 0 Å². The zero-order chi connectivity index (χ0) is 12.3. The molecule has 0 amide bonds. The minimum Gasteiger partial charge on any atom is -0.480 e. The number of carbonyl (C=O) groups is 1. The van der Waals surface area contributed by atoms with Gasteiger partial charge in [-0.25, -0.2) is 4.79 Å². The monoisotopic (exact) mass is 315 g/mol. The van der Waals surface area contributed by atoms with Gasteiger partial charge in [0.1, 0.15) is 5.54 Å². The summed E-state index contributed by atoms with van der Waals surface area (Å²) in [4.78, 5) is 11.5. The summed E-state index contributed by atoms with van der Waals surface area (Å²) in [5.74, 6) is 1.04. The van der Waals surface area contributed by atoms with E-state index in [0.29, 0.717) is 12.8 Å². The smallest absolute Gasteiger partial charge is 0.329 e. The van der Waals surface area contributed by atoms with E-state index in [1.165, 1.54) is 0 Å². The lowest BCUT2D eigenvalue weighted by atomic mass is 9.92. The van der Waals surface area contributed by atoms with Crippen LogP contribution in [0.3, 0.4) is 0 Å². The van der Waals surface area contributed by atoms with Gasteiger partial charge in [-0.15, -0.1) is 0 Å². The Labute approximate surface area is 113 Å². The van der Waals surface area contributed by atoms with Gasteiger partial charge < -0.3 is 10.4 Å². The van der Waals surface area contributed by atoms with Crippen molar-refractivity contribution in [2.45, 2.75) is 18.4 Å². The highest BCUT2D eigenvalue weighted by Crippen LogP contribution is 2.31. The van der Waals surface area contributed by atoms with Crippen molar-refractivity contribution in [3.8, 4) is 0 Å². The van der Waals surface area contributed by atoms with Gasteiger partial charge in [-0.3, -0.25) is 0 Å². The number of benzene rings is 1. The first-order chi connectivity index (χ1) is 8.12. The number of carboxylic acid groups (broad SMARTS) is 1. The highest BCUT2D eigenvalue weighted by atomic mass is 79.9. The highest BCUT2D eigenvalue weighted by Gasteiger charge is 2.39. The Balaban J connectivity index is 2.20. The number of aliphatic carboxylic acids is 1. The van der Waals surface area contributed by atoms with Crippen molar-refractivity contribution in [1.82, 2.24) is 0 Å². The standard InChI is InChI=1S/C12H14BrNO2S/c13-9-2-1-3-10(8-9)14-12(11(15)16)4-6-17-7-5-12/h1-3,8,14H,4-7H2,(H,15,16). The quantitative estimate of drug-likeness (QED) is 0.899. The van der Waals surface area contributed by atoms with Crippen LogP contribution in [0.1, 0.15) is 12.8 Å². The van der Waals surface area contributed by atoms with E-state index in [9.17, 15) is 9.90 Å². The fourth-order valence-electron chi connectivity index (χ4n) is 1.95. The van der Waals surface area contributed by atoms with Crippen LogP contribution in [0.25, 0.3) is 0 Å². The summed E-state index contributed by atoms with van der Waals surface area (Å²) < 4.78 is 0.952. The molecule has 0 aliphatic carbocycles. The summed E-state index contributed by atoms with van der Waals surface area (Å²) in [6, 6.07) is 7.64. The molecule has 0 spiro atoms. The summed E-state index contributed by atoms with van der Waals surface area (Å²) >= 11 is 5.21. The number of thioether (sulfide) groups is 1. The molecule has 0 radical (unpaired) electrons. The molecule has 5 heteroatoms. The van der Waals surface area contributed by atoms with Gasteiger partial charge in [0.25, 0.3) is 0 Å². The van der Waals surface area contributed by atoms with Crippen molar-refractivity contribution in [3.05, 3.63) is 28.7 Å². The Morgan fingerprint density at radius 2 is 2.12 bits per heavy atom. The van der Waals surface area contributed by atoms with E-state index in [1.54, 1.807) is 0 Å². The number of hydrogen-bond donors (Lipinski definition) is 2. The molecule has 0 atom stereocenters. The Hall–Kier alpha value is -0.680. The summed E-state index contributed by atoms with van der Waals surface area (Å²) in [6.45, 7) is 0. The highest BCUT2D eigenvalue weighted by molar-refractivity contribution is 9.10. The number of carboxylic acids is 1. The molecule has 0 aromatic heterocycles. The normalized spacial score (nSPS) is 18.6. The van der Waals surface area contributed by atoms with E-state index >= 15 is 0 Å². The molecule has 1 saturated heterocycles. The first kappa shape index (κ1) is 12.8. The predicted octanol–water partition coefficient (Wildman–Crippen LogP) is 3.21. The van der Waals surface area contributed by atoms with E-state index in [0.717, 1.165) is 21.7 Å². The maximum Gasteiger partial charge on any atom is 0.329 e. The first-order valence-corrected chi connectivity index (χ1v) is 7.42. The number of anilines is 1. The molecule has 1 fully saturated rings. The molecule has 1 aliphatic heterocycles. The van der Waals surface area contributed by atoms with Crippen molar-refractivity contribution in [2.75, 3.05) is 16.8 Å². The molecule has 2 rings (SSSR count). The predicted molar refractivity (Wildman–Crippen MR) is 74.7 cm³/mol. The summed E-state index contributed by atoms with van der Waals surface area (Å²) in [5, 5.41) is 12.6. The zero-order valence-electron chi connectivity index (χ0n) is 9.28. The van der Waals surface area contributed by atoms with Gasteiger partial charge in [-0.1, -0.05) is 22.0 Å². The van der Waals surface area contributed by atoms with Crippen LogP contribution in [-0.4, -0.2) is 28.1 Å². The number of rotatable bonds is 3. The van der Waals surface area contributed by atoms with Gasteiger partial charge in [-0.2, -0.15) is 11.8 Å². The Morgan fingerprint density at radius 1 is 1.41 bits per heavy atom. The first-order valence-electron chi connectivity index (χ1n) is 5.47. The minimum absolute atomic E-state index is 0.666. The van der Waals surface area contributed by atoms with Crippen molar-refractivity contribution < 1.29 is 9.90 Å². The van der Waals surface area contributed by atoms with Crippen LogP contribution in [0.5, 0.6) is 0 Å². The second-order valence-corrected chi connectivity index (χ2v) is 6.28. The minimum atomic E-state index is -0.800. The van der Waals surface area contributed by atoms with Gasteiger partial charge in [0.05, 0.1) is 0 Å². The summed E-state index contributed by atoms with van der Waals surface area (Å²) in [5.41, 5.74) is 0.0557. The van der Waals surface area contributed by atoms with Crippen LogP contribution >= 0.6 is 27.7 Å². The molecule has 92 valence electrons. The second-order valence-electron chi connectivity index (χ2n) is 4.13. The molecule has 2 N–H and O–H groups in total. The Morgan fingerprint density at radius 3 is 2.71 bits per heavy atom. The van der Waals surface area contributed by atoms with Gasteiger partial charge in [0, 0.05) is 10.2 Å². The Bertz CT molecular complexity index is 419. The third-order valence-electron chi connectivity index (χ3n) is 2.96. The molecule has 1 aromatic carbocycles. The molecule has 0 bridgehead atoms. The lowest BCUT2D eigenvalue weighted by Gasteiger charge is -2.34. The fourth-order valence-corrected chi connectivity index (χ4v) is 3.54. The molecule has 1 aliphatic rings. The number of nitrogens with one attached hydrogen (secondary N) is 1. The molecule has 1 aromatic rings. The van der Waals surface area contributed by atoms with Crippen LogP contribution in [0.15, 0.2) is 28.7 Å². The maximum absolute atomic E-state index is 11.5. The number of halogens is 1. The van der Waals surface area contributed by atoms with Crippen LogP contribution in [0.4, 0.5) is 5.69 Å². The molecule has 3 nitrogen and oxygen atoms in total. The average Bonchev–Trinajstić information content (AvgIpc) is 2.30. The van der Waals surface area contributed by atoms with Crippen LogP contribution in [0.2, 0.25) is 0 Å². The SMILES string of the molecule is O=C(O)C1(Nc2cccc(Br)c2)CCSCC1. The maximum atomic E-state index is 11.5. The third-order valence-corrected chi connectivity index (χ3v) is 4.44. The third kappa shape index (κ3) is 2.96. The van der Waals surface area contributed by atoms with Crippen LogP contribution < -0.4 is 5.32 Å². The van der Waals surface area contributed by atoms with E-state index in [2.05, 4.69) is 21.2 Å². The van der Waals surface area contributed by atoms with Gasteiger partial charge in [0.2, 0.25) is 0 Å². The molecule has 0 saturated carbocycles. The van der Waals surface area contributed by atoms with Crippen molar-refractivity contribution in [2.24, 2.45) is 0 Å². The van der Waals surface area contributed by atoms with E-state index in [4.69, 9.17) is 0 Å². The summed E-state index contributed by atoms with van der Waals surface area (Å²) in [7, 11) is 0. The van der Waals surface area contributed by atoms with Crippen LogP contribution in [0, 0.1) is 0 Å². The topological polar surface area (TPSA) is 49.3 Å². The van der Waals surface area contributed by atoms with Crippen molar-refractivity contribution >= 4 is 39.3 Å². The molecule has 1 heterocycles. The molecular formula is C12H14BrNO2S. The lowest BCUT2D eigenvalue weighted by molar-refractivity contribution is -0.142. The number of hydrogen-bond acceptors (Lipinski definition) is 3. The molecule has 0 unspecified atom stereocenters. The van der Waals surface area contributed by atoms with Gasteiger partial charge in [-0.05, 0) is 42.5 Å². The molecule has 17 heavy (non-hydrogen) atoms. The summed E-state index contributed by atoms with van der Waals surface area (Å²) in [6.07, 6.45) is 1.33. The zero-order valence-corrected chi connectivity index (χ0v) is 11.7. The molecular weight excluding hydrogens is 302 g/mol. The van der Waals surface area contributed by atoms with Crippen molar-refractivity contribution in [3.63, 3.8) is 0 Å². The average molecular weight is 316 g/mol. The van der Waals surface area contributed by atoms with Crippen LogP contribution in [-0.2, 0) is 4.79 Å². The Kier molecular flexibility index (Phi) is 3.99. The van der Waals surface area contributed by atoms with Gasteiger partial charge in [0.15, 0.2) is 0 Å². The van der Waals surface area contributed by atoms with Gasteiger partial charge >= 0.3 is 5.97 Å². The van der Waals surface area contributed by atoms with E-state index in [1.807, 2.05) is 36.0 Å². The lowest BCUT2D eigenvalue weighted by Crippen LogP contribution is -2.49. The second kappa shape index (κ2) is 5.31. The largest absolute Gasteiger partial charge is 0.480 e. The van der Waals surface area contributed by atoms with E-state index < -0.39 is 11.5 Å². The fraction of sp³-hybridized carbons (Fsp3) is 0.417. The van der Waals surface area contributed by atoms with E-state index in [-0.39, 0.29) is 0 Å².